The molecule has 0 spiro atoms. The summed E-state index contributed by atoms with van der Waals surface area (Å²) in [5, 5.41) is 4.44. The number of likely N-dealkylation sites (tertiary alicyclic amines) is 1. The van der Waals surface area contributed by atoms with E-state index in [1.165, 1.54) is 18.4 Å². The molecule has 0 saturated carbocycles. The Hall–Kier alpha value is -0.970. The van der Waals surface area contributed by atoms with E-state index in [2.05, 4.69) is 40.5 Å². The minimum absolute atomic E-state index is 0. The average Bonchev–Trinajstić information content (AvgIpc) is 2.64. The molecule has 3 rings (SSSR count). The summed E-state index contributed by atoms with van der Waals surface area (Å²) in [4.78, 5) is 2.54. The fraction of sp³-hybridized carbons (Fsp3) is 0.429. The highest BCUT2D eigenvalue weighted by Gasteiger charge is 2.19. The van der Waals surface area contributed by atoms with Crippen LogP contribution in [0.4, 0.5) is 0 Å². The SMILES string of the molecule is CCOc1ccc(Cl)cc1CNC1CCN(Cc2ccccc2)CC1.Cl.Cl. The van der Waals surface area contributed by atoms with Crippen LogP contribution in [0.15, 0.2) is 48.5 Å². The molecule has 0 aliphatic carbocycles. The average molecular weight is 432 g/mol. The number of rotatable bonds is 7. The van der Waals surface area contributed by atoms with Crippen molar-refractivity contribution in [3.8, 4) is 5.75 Å². The highest BCUT2D eigenvalue weighted by Crippen LogP contribution is 2.23. The van der Waals surface area contributed by atoms with E-state index in [1.54, 1.807) is 0 Å². The number of hydrogen-bond donors (Lipinski definition) is 1. The number of nitrogens with zero attached hydrogens (tertiary/aromatic N) is 1. The van der Waals surface area contributed by atoms with E-state index in [1.807, 2.05) is 25.1 Å². The summed E-state index contributed by atoms with van der Waals surface area (Å²) in [7, 11) is 0. The molecule has 150 valence electrons. The normalized spacial score (nSPS) is 14.9. The van der Waals surface area contributed by atoms with Crippen molar-refractivity contribution in [1.29, 1.82) is 0 Å². The van der Waals surface area contributed by atoms with Crippen LogP contribution >= 0.6 is 36.4 Å². The van der Waals surface area contributed by atoms with E-state index in [0.29, 0.717) is 12.6 Å². The molecule has 0 unspecified atom stereocenters. The van der Waals surface area contributed by atoms with Gasteiger partial charge in [0, 0.05) is 29.7 Å². The standard InChI is InChI=1S/C21H27ClN2O.2ClH/c1-2-25-21-9-8-19(22)14-18(21)15-23-20-10-12-24(13-11-20)16-17-6-4-3-5-7-17;;/h3-9,14,20,23H,2,10-13,15-16H2,1H3;2*1H. The van der Waals surface area contributed by atoms with Gasteiger partial charge in [0.25, 0.3) is 0 Å². The molecule has 3 nitrogen and oxygen atoms in total. The number of benzene rings is 2. The molecule has 1 aliphatic heterocycles. The van der Waals surface area contributed by atoms with Crippen LogP contribution in [0.3, 0.4) is 0 Å². The van der Waals surface area contributed by atoms with Gasteiger partial charge in [-0.05, 0) is 56.6 Å². The lowest BCUT2D eigenvalue weighted by Crippen LogP contribution is -2.41. The van der Waals surface area contributed by atoms with Crippen molar-refractivity contribution in [3.05, 3.63) is 64.7 Å². The number of ether oxygens (including phenoxy) is 1. The van der Waals surface area contributed by atoms with E-state index in [4.69, 9.17) is 16.3 Å². The Morgan fingerprint density at radius 3 is 2.44 bits per heavy atom. The highest BCUT2D eigenvalue weighted by molar-refractivity contribution is 6.30. The van der Waals surface area contributed by atoms with Crippen molar-refractivity contribution in [2.24, 2.45) is 0 Å². The van der Waals surface area contributed by atoms with Crippen LogP contribution in [0, 0.1) is 0 Å². The minimum Gasteiger partial charge on any atom is -0.494 e. The number of hydrogen-bond acceptors (Lipinski definition) is 3. The van der Waals surface area contributed by atoms with E-state index >= 15 is 0 Å². The molecule has 27 heavy (non-hydrogen) atoms. The first-order valence-corrected chi connectivity index (χ1v) is 9.53. The molecular formula is C21H29Cl3N2O. The van der Waals surface area contributed by atoms with Crippen molar-refractivity contribution >= 4 is 36.4 Å². The smallest absolute Gasteiger partial charge is 0.123 e. The van der Waals surface area contributed by atoms with Crippen LogP contribution in [-0.4, -0.2) is 30.6 Å². The Labute approximate surface area is 180 Å². The maximum atomic E-state index is 6.14. The topological polar surface area (TPSA) is 24.5 Å². The second-order valence-corrected chi connectivity index (χ2v) is 7.04. The third-order valence-corrected chi connectivity index (χ3v) is 4.98. The molecule has 0 atom stereocenters. The summed E-state index contributed by atoms with van der Waals surface area (Å²) in [6.45, 7) is 6.82. The van der Waals surface area contributed by atoms with Crippen LogP contribution in [0.25, 0.3) is 0 Å². The molecule has 1 saturated heterocycles. The van der Waals surface area contributed by atoms with Gasteiger partial charge in [0.1, 0.15) is 5.75 Å². The second-order valence-electron chi connectivity index (χ2n) is 6.60. The molecule has 0 radical (unpaired) electrons. The molecule has 1 aliphatic rings. The molecule has 6 heteroatoms. The van der Waals surface area contributed by atoms with Crippen molar-refractivity contribution in [3.63, 3.8) is 0 Å². The number of halogens is 3. The van der Waals surface area contributed by atoms with Gasteiger partial charge in [-0.15, -0.1) is 24.8 Å². The van der Waals surface area contributed by atoms with Crippen molar-refractivity contribution < 1.29 is 4.74 Å². The van der Waals surface area contributed by atoms with E-state index in [9.17, 15) is 0 Å². The molecule has 2 aromatic rings. The zero-order valence-electron chi connectivity index (χ0n) is 15.7. The third-order valence-electron chi connectivity index (χ3n) is 4.74. The van der Waals surface area contributed by atoms with E-state index in [-0.39, 0.29) is 24.8 Å². The van der Waals surface area contributed by atoms with Gasteiger partial charge in [0.15, 0.2) is 0 Å². The fourth-order valence-electron chi connectivity index (χ4n) is 3.37. The third kappa shape index (κ3) is 7.52. The summed E-state index contributed by atoms with van der Waals surface area (Å²) in [5.41, 5.74) is 2.54. The van der Waals surface area contributed by atoms with Gasteiger partial charge in [0.2, 0.25) is 0 Å². The maximum absolute atomic E-state index is 6.14. The zero-order chi connectivity index (χ0) is 17.5. The molecule has 1 N–H and O–H groups in total. The summed E-state index contributed by atoms with van der Waals surface area (Å²) >= 11 is 6.14. The Balaban J connectivity index is 0.00000182. The zero-order valence-corrected chi connectivity index (χ0v) is 18.1. The molecule has 0 amide bonds. The van der Waals surface area contributed by atoms with Gasteiger partial charge in [-0.1, -0.05) is 41.9 Å². The monoisotopic (exact) mass is 430 g/mol. The molecular weight excluding hydrogens is 403 g/mol. The Morgan fingerprint density at radius 1 is 1.07 bits per heavy atom. The first-order chi connectivity index (χ1) is 12.2. The molecule has 2 aromatic carbocycles. The summed E-state index contributed by atoms with van der Waals surface area (Å²) in [6, 6.07) is 17.1. The minimum atomic E-state index is 0. The lowest BCUT2D eigenvalue weighted by molar-refractivity contribution is 0.190. The number of piperidine rings is 1. The van der Waals surface area contributed by atoms with Crippen LogP contribution in [-0.2, 0) is 13.1 Å². The first-order valence-electron chi connectivity index (χ1n) is 9.15. The predicted molar refractivity (Wildman–Crippen MR) is 119 cm³/mol. The van der Waals surface area contributed by atoms with E-state index < -0.39 is 0 Å². The Morgan fingerprint density at radius 2 is 1.78 bits per heavy atom. The highest BCUT2D eigenvalue weighted by atomic mass is 35.5. The van der Waals surface area contributed by atoms with Crippen molar-refractivity contribution in [1.82, 2.24) is 10.2 Å². The van der Waals surface area contributed by atoms with Crippen molar-refractivity contribution in [2.75, 3.05) is 19.7 Å². The van der Waals surface area contributed by atoms with Gasteiger partial charge in [-0.2, -0.15) is 0 Å². The Kier molecular flexibility index (Phi) is 11.1. The predicted octanol–water partition coefficient (Wildman–Crippen LogP) is 5.34. The molecule has 1 fully saturated rings. The lowest BCUT2D eigenvalue weighted by atomic mass is 10.0. The quantitative estimate of drug-likeness (QED) is 0.640. The van der Waals surface area contributed by atoms with Crippen molar-refractivity contribution in [2.45, 2.75) is 38.9 Å². The fourth-order valence-corrected chi connectivity index (χ4v) is 3.57. The first kappa shape index (κ1) is 24.1. The van der Waals surface area contributed by atoms with Gasteiger partial charge in [-0.25, -0.2) is 0 Å². The number of nitrogens with one attached hydrogen (secondary N) is 1. The van der Waals surface area contributed by atoms with Gasteiger partial charge >= 0.3 is 0 Å². The van der Waals surface area contributed by atoms with Gasteiger partial charge in [-0.3, -0.25) is 4.90 Å². The van der Waals surface area contributed by atoms with Crippen LogP contribution in [0.5, 0.6) is 5.75 Å². The second kappa shape index (κ2) is 12.5. The van der Waals surface area contributed by atoms with Gasteiger partial charge < -0.3 is 10.1 Å². The van der Waals surface area contributed by atoms with Crippen LogP contribution < -0.4 is 10.1 Å². The summed E-state index contributed by atoms with van der Waals surface area (Å²) < 4.78 is 5.71. The summed E-state index contributed by atoms with van der Waals surface area (Å²) in [5.74, 6) is 0.931. The molecule has 0 bridgehead atoms. The molecule has 0 aromatic heterocycles. The largest absolute Gasteiger partial charge is 0.494 e. The van der Waals surface area contributed by atoms with E-state index in [0.717, 1.165) is 42.5 Å². The lowest BCUT2D eigenvalue weighted by Gasteiger charge is -2.32. The molecule has 1 heterocycles. The maximum Gasteiger partial charge on any atom is 0.123 e. The summed E-state index contributed by atoms with van der Waals surface area (Å²) in [6.07, 6.45) is 2.36. The van der Waals surface area contributed by atoms with Crippen LogP contribution in [0.2, 0.25) is 5.02 Å². The van der Waals surface area contributed by atoms with Crippen LogP contribution in [0.1, 0.15) is 30.9 Å². The van der Waals surface area contributed by atoms with Gasteiger partial charge in [0.05, 0.1) is 6.61 Å². The Bertz CT molecular complexity index is 662.